The fourth-order valence-corrected chi connectivity index (χ4v) is 3.04. The molecular formula is C16H15NO5S. The second-order valence-electron chi connectivity index (χ2n) is 4.95. The van der Waals surface area contributed by atoms with Gasteiger partial charge in [0.15, 0.2) is 11.5 Å². The normalized spacial score (nSPS) is 19.0. The quantitative estimate of drug-likeness (QED) is 0.874. The van der Waals surface area contributed by atoms with E-state index >= 15 is 0 Å². The van der Waals surface area contributed by atoms with Crippen LogP contribution in [0.25, 0.3) is 0 Å². The van der Waals surface area contributed by atoms with Crippen molar-refractivity contribution in [3.63, 3.8) is 0 Å². The third-order valence-electron chi connectivity index (χ3n) is 3.34. The summed E-state index contributed by atoms with van der Waals surface area (Å²) in [5.74, 6) is 0.389. The van der Waals surface area contributed by atoms with E-state index in [2.05, 4.69) is 10.1 Å². The van der Waals surface area contributed by atoms with Crippen LogP contribution in [0.15, 0.2) is 36.4 Å². The molecule has 0 aliphatic carbocycles. The Hall–Kier alpha value is -2.54. The third kappa shape index (κ3) is 3.14. The maximum Gasteiger partial charge on any atom is 0.348 e. The molecule has 3 rings (SSSR count). The molecule has 1 aliphatic heterocycles. The fourth-order valence-electron chi connectivity index (χ4n) is 2.21. The predicted octanol–water partition coefficient (Wildman–Crippen LogP) is 2.70. The summed E-state index contributed by atoms with van der Waals surface area (Å²) in [6, 6.07) is 10.5. The highest BCUT2D eigenvalue weighted by Gasteiger charge is 2.34. The zero-order valence-electron chi connectivity index (χ0n) is 12.6. The highest BCUT2D eigenvalue weighted by molar-refractivity contribution is 7.18. The average Bonchev–Trinajstić information content (AvgIpc) is 3.01. The second kappa shape index (κ2) is 6.29. The Morgan fingerprint density at radius 2 is 1.83 bits per heavy atom. The van der Waals surface area contributed by atoms with E-state index in [1.165, 1.54) is 7.11 Å². The van der Waals surface area contributed by atoms with Crippen molar-refractivity contribution in [3.8, 4) is 11.5 Å². The first kappa shape index (κ1) is 15.4. The fraction of sp³-hybridized carbons (Fsp3) is 0.250. The smallest absolute Gasteiger partial charge is 0.348 e. The van der Waals surface area contributed by atoms with Gasteiger partial charge in [-0.15, -0.1) is 11.3 Å². The minimum absolute atomic E-state index is 0.328. The molecule has 1 aliphatic rings. The lowest BCUT2D eigenvalue weighted by Crippen LogP contribution is -2.46. The van der Waals surface area contributed by atoms with Gasteiger partial charge in [-0.1, -0.05) is 12.1 Å². The van der Waals surface area contributed by atoms with Crippen molar-refractivity contribution in [3.05, 3.63) is 41.3 Å². The van der Waals surface area contributed by atoms with Crippen LogP contribution in [0.4, 0.5) is 5.00 Å². The molecular weight excluding hydrogens is 318 g/mol. The molecule has 2 heterocycles. The summed E-state index contributed by atoms with van der Waals surface area (Å²) in [6.07, 6.45) is -1.20. The van der Waals surface area contributed by atoms with E-state index in [0.29, 0.717) is 21.4 Å². The Balaban J connectivity index is 1.71. The van der Waals surface area contributed by atoms with Crippen molar-refractivity contribution in [1.29, 1.82) is 0 Å². The number of hydrogen-bond donors (Lipinski definition) is 1. The summed E-state index contributed by atoms with van der Waals surface area (Å²) in [4.78, 5) is 24.3. The summed E-state index contributed by atoms with van der Waals surface area (Å²) in [6.45, 7) is 1.77. The van der Waals surface area contributed by atoms with Crippen molar-refractivity contribution in [2.75, 3.05) is 12.4 Å². The number of ether oxygens (including phenoxy) is 3. The van der Waals surface area contributed by atoms with Crippen molar-refractivity contribution >= 4 is 28.2 Å². The molecule has 0 saturated heterocycles. The van der Waals surface area contributed by atoms with E-state index in [1.54, 1.807) is 31.2 Å². The van der Waals surface area contributed by atoms with Crippen molar-refractivity contribution in [2.24, 2.45) is 0 Å². The lowest BCUT2D eigenvalue weighted by atomic mass is 10.1. The number of anilines is 1. The summed E-state index contributed by atoms with van der Waals surface area (Å²) in [7, 11) is 1.31. The van der Waals surface area contributed by atoms with E-state index in [1.807, 2.05) is 12.1 Å². The molecule has 6 nitrogen and oxygen atoms in total. The SMILES string of the molecule is COC(=O)c1ccc(NC(=O)[C@@H]2Oc3ccccc3O[C@H]2C)s1. The number of hydrogen-bond acceptors (Lipinski definition) is 6. The van der Waals surface area contributed by atoms with Crippen LogP contribution >= 0.6 is 11.3 Å². The molecule has 2 atom stereocenters. The van der Waals surface area contributed by atoms with Gasteiger partial charge < -0.3 is 19.5 Å². The molecule has 0 radical (unpaired) electrons. The van der Waals surface area contributed by atoms with Crippen LogP contribution in [0.5, 0.6) is 11.5 Å². The minimum atomic E-state index is -0.770. The van der Waals surface area contributed by atoms with Crippen LogP contribution in [-0.4, -0.2) is 31.2 Å². The van der Waals surface area contributed by atoms with E-state index < -0.39 is 18.2 Å². The van der Waals surface area contributed by atoms with Gasteiger partial charge in [0.05, 0.1) is 12.1 Å². The summed E-state index contributed by atoms with van der Waals surface area (Å²) >= 11 is 1.14. The van der Waals surface area contributed by atoms with Gasteiger partial charge in [-0.2, -0.15) is 0 Å². The molecule has 1 N–H and O–H groups in total. The Labute approximate surface area is 137 Å². The number of carbonyl (C=O) groups excluding carboxylic acids is 2. The standard InChI is InChI=1S/C16H15NO5S/c1-9-14(22-11-6-4-3-5-10(11)21-9)15(18)17-13-8-7-12(23-13)16(19)20-2/h3-9,14H,1-2H3,(H,17,18)/t9-,14+/m0/s1. The monoisotopic (exact) mass is 333 g/mol. The largest absolute Gasteiger partial charge is 0.482 e. The van der Waals surface area contributed by atoms with Crippen LogP contribution in [0.3, 0.4) is 0 Å². The van der Waals surface area contributed by atoms with Crippen LogP contribution < -0.4 is 14.8 Å². The molecule has 0 saturated carbocycles. The van der Waals surface area contributed by atoms with Crippen LogP contribution in [0.1, 0.15) is 16.6 Å². The van der Waals surface area contributed by atoms with Gasteiger partial charge >= 0.3 is 5.97 Å². The van der Waals surface area contributed by atoms with Crippen molar-refractivity contribution < 1.29 is 23.8 Å². The topological polar surface area (TPSA) is 73.9 Å². The van der Waals surface area contributed by atoms with Gasteiger partial charge in [-0.05, 0) is 31.2 Å². The van der Waals surface area contributed by atoms with E-state index in [4.69, 9.17) is 9.47 Å². The number of methoxy groups -OCH3 is 1. The second-order valence-corrected chi connectivity index (χ2v) is 6.04. The molecule has 1 aromatic carbocycles. The Morgan fingerprint density at radius 3 is 2.52 bits per heavy atom. The maximum atomic E-state index is 12.4. The lowest BCUT2D eigenvalue weighted by Gasteiger charge is -2.30. The van der Waals surface area contributed by atoms with Gasteiger partial charge in [0.1, 0.15) is 11.0 Å². The van der Waals surface area contributed by atoms with Crippen molar-refractivity contribution in [1.82, 2.24) is 0 Å². The first-order chi connectivity index (χ1) is 11.1. The van der Waals surface area contributed by atoms with Gasteiger partial charge in [0, 0.05) is 0 Å². The molecule has 0 unspecified atom stereocenters. The Morgan fingerprint density at radius 1 is 1.13 bits per heavy atom. The molecule has 23 heavy (non-hydrogen) atoms. The Bertz CT molecular complexity index is 742. The third-order valence-corrected chi connectivity index (χ3v) is 4.32. The number of nitrogens with one attached hydrogen (secondary N) is 1. The van der Waals surface area contributed by atoms with Gasteiger partial charge in [-0.25, -0.2) is 4.79 Å². The number of carbonyl (C=O) groups is 2. The lowest BCUT2D eigenvalue weighted by molar-refractivity contribution is -0.127. The van der Waals surface area contributed by atoms with E-state index in [9.17, 15) is 9.59 Å². The van der Waals surface area contributed by atoms with Crippen molar-refractivity contribution in [2.45, 2.75) is 19.1 Å². The number of amides is 1. The van der Waals surface area contributed by atoms with E-state index in [-0.39, 0.29) is 5.91 Å². The molecule has 0 spiro atoms. The molecule has 1 aromatic heterocycles. The number of fused-ring (bicyclic) bond motifs is 1. The molecule has 1 amide bonds. The maximum absolute atomic E-state index is 12.4. The average molecular weight is 333 g/mol. The van der Waals surface area contributed by atoms with Gasteiger partial charge in [0.25, 0.3) is 5.91 Å². The zero-order chi connectivity index (χ0) is 16.4. The number of benzene rings is 1. The molecule has 2 aromatic rings. The first-order valence-electron chi connectivity index (χ1n) is 7.00. The summed E-state index contributed by atoms with van der Waals surface area (Å²) in [5.41, 5.74) is 0. The predicted molar refractivity (Wildman–Crippen MR) is 85.2 cm³/mol. The minimum Gasteiger partial charge on any atom is -0.482 e. The molecule has 0 fully saturated rings. The first-order valence-corrected chi connectivity index (χ1v) is 7.81. The van der Waals surface area contributed by atoms with Crippen LogP contribution in [0, 0.1) is 0 Å². The van der Waals surface area contributed by atoms with E-state index in [0.717, 1.165) is 11.3 Å². The summed E-state index contributed by atoms with van der Waals surface area (Å²) in [5, 5.41) is 3.29. The molecule has 0 bridgehead atoms. The van der Waals surface area contributed by atoms with Crippen LogP contribution in [-0.2, 0) is 9.53 Å². The number of esters is 1. The van der Waals surface area contributed by atoms with Gasteiger partial charge in [0.2, 0.25) is 6.10 Å². The summed E-state index contributed by atoms with van der Waals surface area (Å²) < 4.78 is 16.1. The Kier molecular flexibility index (Phi) is 4.20. The number of rotatable bonds is 3. The van der Waals surface area contributed by atoms with Crippen LogP contribution in [0.2, 0.25) is 0 Å². The number of thiophene rings is 1. The highest BCUT2D eigenvalue weighted by atomic mass is 32.1. The van der Waals surface area contributed by atoms with Gasteiger partial charge in [-0.3, -0.25) is 4.79 Å². The molecule has 120 valence electrons. The number of para-hydroxylation sites is 2. The molecule has 7 heteroatoms. The highest BCUT2D eigenvalue weighted by Crippen LogP contribution is 2.34. The zero-order valence-corrected chi connectivity index (χ0v) is 13.4.